The molecule has 0 amide bonds. The maximum Gasteiger partial charge on any atom is 0.143 e. The van der Waals surface area contributed by atoms with Gasteiger partial charge in [-0.3, -0.25) is 0 Å². The largest absolute Gasteiger partial charge is 0.455 e. The molecule has 0 aliphatic carbocycles. The van der Waals surface area contributed by atoms with Crippen LogP contribution in [-0.4, -0.2) is 0 Å². The Balaban J connectivity index is 1.23. The quantitative estimate of drug-likeness (QED) is 0.135. The van der Waals surface area contributed by atoms with Crippen molar-refractivity contribution >= 4 is 71.7 Å². The van der Waals surface area contributed by atoms with Gasteiger partial charge in [-0.05, 0) is 103 Å². The molecule has 10 aromatic carbocycles. The summed E-state index contributed by atoms with van der Waals surface area (Å²) in [7, 11) is 0. The second-order valence-corrected chi connectivity index (χ2v) is 13.7. The van der Waals surface area contributed by atoms with Gasteiger partial charge in [-0.25, -0.2) is 0 Å². The maximum atomic E-state index is 9.85. The lowest BCUT2D eigenvalue weighted by atomic mass is 9.96. The maximum absolute atomic E-state index is 9.85. The number of nitrogens with zero attached hydrogens (tertiary/aromatic N) is 1. The Morgan fingerprint density at radius 1 is 0.452 bits per heavy atom. The fourth-order valence-electron chi connectivity index (χ4n) is 7.19. The van der Waals surface area contributed by atoms with Crippen LogP contribution in [0, 0.1) is 0 Å². The van der Waals surface area contributed by atoms with Gasteiger partial charge in [-0.2, -0.15) is 0 Å². The highest BCUT2D eigenvalue weighted by Crippen LogP contribution is 2.40. The molecule has 0 unspecified atom stereocenters. The first-order chi connectivity index (χ1) is 41.5. The molecule has 0 aliphatic rings. The van der Waals surface area contributed by atoms with E-state index in [1.165, 1.54) is 24.3 Å². The summed E-state index contributed by atoms with van der Waals surface area (Å²) < 4.78 is 243. The predicted molar refractivity (Wildman–Crippen MR) is 265 cm³/mol. The number of rotatable bonds is 9. The van der Waals surface area contributed by atoms with Gasteiger partial charge < -0.3 is 9.32 Å². The van der Waals surface area contributed by atoms with Gasteiger partial charge in [0.25, 0.3) is 0 Å². The van der Waals surface area contributed by atoms with E-state index in [0.717, 1.165) is 15.7 Å². The smallest absolute Gasteiger partial charge is 0.143 e. The molecular formula is C60H41NO. The summed E-state index contributed by atoms with van der Waals surface area (Å²) in [6.45, 7) is 3.79. The lowest BCUT2D eigenvalue weighted by Gasteiger charge is -2.27. The molecular weight excluding hydrogens is 751 g/mol. The topological polar surface area (TPSA) is 16.4 Å². The van der Waals surface area contributed by atoms with Crippen molar-refractivity contribution in [1.29, 1.82) is 0 Å². The van der Waals surface area contributed by atoms with Crippen molar-refractivity contribution < 1.29 is 40.1 Å². The Hall–Kier alpha value is -8.20. The van der Waals surface area contributed by atoms with E-state index >= 15 is 0 Å². The van der Waals surface area contributed by atoms with E-state index < -0.39 is 223 Å². The lowest BCUT2D eigenvalue weighted by Crippen LogP contribution is -2.15. The highest BCUT2D eigenvalue weighted by atomic mass is 16.3. The van der Waals surface area contributed by atoms with Gasteiger partial charge >= 0.3 is 0 Å². The Kier molecular flexibility index (Phi) is 4.73. The van der Waals surface area contributed by atoms with Gasteiger partial charge in [0, 0.05) is 38.8 Å². The Labute approximate surface area is 397 Å². The summed E-state index contributed by atoms with van der Waals surface area (Å²) in [4.78, 5) is 0.871. The van der Waals surface area contributed by atoms with E-state index in [1.807, 2.05) is 36.4 Å². The van der Waals surface area contributed by atoms with Crippen LogP contribution < -0.4 is 4.90 Å². The molecule has 0 atom stereocenters. The van der Waals surface area contributed by atoms with Gasteiger partial charge in [-0.1, -0.05) is 200 Å². The molecule has 0 saturated heterocycles. The normalized spacial score (nSPS) is 17.8. The third-order valence-electron chi connectivity index (χ3n) is 10.1. The van der Waals surface area contributed by atoms with E-state index in [-0.39, 0.29) is 16.8 Å². The molecule has 292 valence electrons. The van der Waals surface area contributed by atoms with E-state index in [1.54, 1.807) is 18.2 Å². The number of anilines is 2. The zero-order valence-electron chi connectivity index (χ0n) is 58.1. The molecule has 11 aromatic rings. The van der Waals surface area contributed by atoms with Crippen LogP contribution in [0.5, 0.6) is 0 Å². The van der Waals surface area contributed by atoms with E-state index in [9.17, 15) is 16.4 Å². The predicted octanol–water partition coefficient (Wildman–Crippen LogP) is 17.0. The van der Waals surface area contributed by atoms with E-state index in [4.69, 9.17) is 23.6 Å². The van der Waals surface area contributed by atoms with Crippen molar-refractivity contribution in [2.75, 3.05) is 4.90 Å². The number of allylic oxidation sites excluding steroid dienone is 3. The summed E-state index contributed by atoms with van der Waals surface area (Å²) in [5.41, 5.74) is -5.25. The van der Waals surface area contributed by atoms with Crippen molar-refractivity contribution in [1.82, 2.24) is 0 Å². The van der Waals surface area contributed by atoms with Crippen LogP contribution in [0.3, 0.4) is 0 Å². The lowest BCUT2D eigenvalue weighted by molar-refractivity contribution is 0.671. The Morgan fingerprint density at radius 2 is 0.984 bits per heavy atom. The number of hydrogen-bond donors (Lipinski definition) is 0. The van der Waals surface area contributed by atoms with Gasteiger partial charge in [0.2, 0.25) is 0 Å². The molecule has 0 saturated carbocycles. The highest BCUT2D eigenvalue weighted by Gasteiger charge is 2.18. The zero-order valence-corrected chi connectivity index (χ0v) is 32.1. The number of furan rings is 1. The summed E-state index contributed by atoms with van der Waals surface area (Å²) in [5, 5.41) is 0.698. The number of fused-ring (bicyclic) bond motifs is 7. The van der Waals surface area contributed by atoms with Gasteiger partial charge in [0.05, 0.1) is 35.6 Å². The molecule has 0 fully saturated rings. The van der Waals surface area contributed by atoms with E-state index in [0.29, 0.717) is 16.4 Å². The first-order valence-electron chi connectivity index (χ1n) is 32.0. The molecule has 0 radical (unpaired) electrons. The SMILES string of the molecule is [2H]c1c([2H])c(-c2c([2H])c([2H])c([2H])c3c([2H])c([2H])c([2H])c([2H])c23)c([2H])c([2H])c1-c1c([2H])c([2H])c(N(C(/C=C\C=C)=C\c2cccc3c2oc2c4ccccc4ccc32)c2c([2H])c([2H])c(-c3c([2H])c([2H])c([2H])c4c([2H])c([2H])c([2H])c([2H])c34)c([2H])c2[2H])c([2H])c1[2H]. The van der Waals surface area contributed by atoms with E-state index in [2.05, 4.69) is 6.58 Å². The third-order valence-corrected chi connectivity index (χ3v) is 10.1. The fourth-order valence-corrected chi connectivity index (χ4v) is 7.19. The molecule has 2 heteroatoms. The van der Waals surface area contributed by atoms with Crippen molar-refractivity contribution in [3.8, 4) is 33.4 Å². The summed E-state index contributed by atoms with van der Waals surface area (Å²) >= 11 is 0. The molecule has 1 aromatic heterocycles. The van der Waals surface area contributed by atoms with Crippen LogP contribution in [-0.2, 0) is 0 Å². The molecule has 62 heavy (non-hydrogen) atoms. The summed E-state index contributed by atoms with van der Waals surface area (Å²) in [5.74, 6) is 0. The summed E-state index contributed by atoms with van der Waals surface area (Å²) in [6.07, 6.45) is 5.44. The number of para-hydroxylation sites is 1. The molecule has 1 heterocycles. The minimum absolute atomic E-state index is 0.218. The number of benzene rings is 10. The van der Waals surface area contributed by atoms with Crippen molar-refractivity contribution in [2.24, 2.45) is 0 Å². The third kappa shape index (κ3) is 6.65. The van der Waals surface area contributed by atoms with Crippen LogP contribution in [0.1, 0.15) is 41.2 Å². The summed E-state index contributed by atoms with van der Waals surface area (Å²) in [6, 6.07) is -7.48. The first-order valence-corrected chi connectivity index (χ1v) is 19.0. The molecule has 11 rings (SSSR count). The fraction of sp³-hybridized carbons (Fsp3) is 0. The Bertz CT molecular complexity index is 4980. The monoisotopic (exact) mass is 817 g/mol. The van der Waals surface area contributed by atoms with Crippen LogP contribution in [0.2, 0.25) is 0 Å². The zero-order chi connectivity index (χ0) is 64.0. The van der Waals surface area contributed by atoms with Crippen molar-refractivity contribution in [3.63, 3.8) is 0 Å². The second kappa shape index (κ2) is 15.8. The van der Waals surface area contributed by atoms with Crippen molar-refractivity contribution in [2.45, 2.75) is 0 Å². The number of hydrogen-bond acceptors (Lipinski definition) is 2. The van der Waals surface area contributed by atoms with Crippen LogP contribution >= 0.6 is 0 Å². The Morgan fingerprint density at radius 3 is 1.63 bits per heavy atom. The van der Waals surface area contributed by atoms with Crippen LogP contribution in [0.25, 0.3) is 93.7 Å². The highest BCUT2D eigenvalue weighted by molar-refractivity contribution is 6.16. The molecule has 2 nitrogen and oxygen atoms in total. The molecule has 0 spiro atoms. The second-order valence-electron chi connectivity index (χ2n) is 13.7. The average Bonchev–Trinajstić information content (AvgIpc) is 0.939. The van der Waals surface area contributed by atoms with Gasteiger partial charge in [-0.15, -0.1) is 0 Å². The van der Waals surface area contributed by atoms with Crippen molar-refractivity contribution in [3.05, 3.63) is 248 Å². The molecule has 0 N–H and O–H groups in total. The minimum atomic E-state index is -1.05. The molecule has 0 bridgehead atoms. The van der Waals surface area contributed by atoms with Gasteiger partial charge in [0.15, 0.2) is 0 Å². The van der Waals surface area contributed by atoms with Crippen LogP contribution in [0.15, 0.2) is 247 Å². The standard InChI is InChI=1S/C60H41NO/c1-2-3-19-51(40-48-18-12-25-57-58-39-34-45-15-6-9-22-56(45)60(58)62-59(48)57)61(50-37-32-47(33-38-50)55-24-11-17-44-14-5-8-21-53(44)55)49-35-30-42(31-36-49)41-26-28-46(29-27-41)54-23-10-16-43-13-4-7-20-52(43)54/h2-40H,1H2/b19-3-,51-40-/i4D,5D,7D,8D,10D,11D,13D,14D,16D,17D,20D,21D,23D,24D,26D,27D,28D,29D,30D,31D,32D,33D,35D,36D,37D,38D. The average molecular weight is 818 g/mol. The van der Waals surface area contributed by atoms with Gasteiger partial charge in [0.1, 0.15) is 11.2 Å². The molecule has 0 aliphatic heterocycles. The van der Waals surface area contributed by atoms with Crippen LogP contribution in [0.4, 0.5) is 11.4 Å². The minimum Gasteiger partial charge on any atom is -0.455 e. The first kappa shape index (κ1) is 18.6.